The Labute approximate surface area is 192 Å². The molecule has 5 unspecified atom stereocenters. The van der Waals surface area contributed by atoms with Crippen molar-refractivity contribution in [3.8, 4) is 0 Å². The third-order valence-corrected chi connectivity index (χ3v) is 6.63. The van der Waals surface area contributed by atoms with Gasteiger partial charge in [0.25, 0.3) is 0 Å². The lowest BCUT2D eigenvalue weighted by atomic mass is 9.70. The second-order valence-electron chi connectivity index (χ2n) is 9.60. The second-order valence-corrected chi connectivity index (χ2v) is 9.60. The molecule has 0 aromatic rings. The Balaban J connectivity index is 1.52. The van der Waals surface area contributed by atoms with E-state index in [0.29, 0.717) is 13.2 Å². The van der Waals surface area contributed by atoms with Crippen molar-refractivity contribution < 1.29 is 18.9 Å². The molecule has 172 valence electrons. The van der Waals surface area contributed by atoms with Crippen molar-refractivity contribution in [2.45, 2.75) is 51.1 Å². The predicted molar refractivity (Wildman–Crippen MR) is 128 cm³/mol. The molecule has 0 N–H and O–H groups in total. The van der Waals surface area contributed by atoms with Crippen LogP contribution in [0.3, 0.4) is 0 Å². The van der Waals surface area contributed by atoms with Crippen LogP contribution in [-0.4, -0.2) is 50.8 Å². The van der Waals surface area contributed by atoms with E-state index in [0.717, 1.165) is 31.6 Å². The Bertz CT molecular complexity index is 864. The number of hydrogen-bond donors (Lipinski definition) is 0. The quantitative estimate of drug-likeness (QED) is 0.309. The van der Waals surface area contributed by atoms with Crippen LogP contribution in [-0.2, 0) is 18.9 Å². The number of hydrogen-bond acceptors (Lipinski definition) is 4. The van der Waals surface area contributed by atoms with Gasteiger partial charge in [-0.05, 0) is 35.1 Å². The third kappa shape index (κ3) is 5.49. The summed E-state index contributed by atoms with van der Waals surface area (Å²) in [5.74, 6) is 0.268. The lowest BCUT2D eigenvalue weighted by Gasteiger charge is -2.36. The van der Waals surface area contributed by atoms with Gasteiger partial charge < -0.3 is 18.9 Å². The smallest absolute Gasteiger partial charge is 0.104 e. The normalized spacial score (nSPS) is 31.5. The molecule has 0 aromatic carbocycles. The molecule has 2 aliphatic carbocycles. The van der Waals surface area contributed by atoms with Crippen molar-refractivity contribution in [3.63, 3.8) is 0 Å². The van der Waals surface area contributed by atoms with Crippen molar-refractivity contribution >= 4 is 0 Å². The van der Waals surface area contributed by atoms with Gasteiger partial charge >= 0.3 is 0 Å². The van der Waals surface area contributed by atoms with Crippen LogP contribution in [0.5, 0.6) is 0 Å². The summed E-state index contributed by atoms with van der Waals surface area (Å²) in [6.07, 6.45) is 17.2. The molecule has 2 heterocycles. The monoisotopic (exact) mass is 436 g/mol. The number of rotatable bonds is 12. The molecule has 2 saturated heterocycles. The third-order valence-electron chi connectivity index (χ3n) is 6.63. The minimum absolute atomic E-state index is 0.0568. The lowest BCUT2D eigenvalue weighted by Crippen LogP contribution is -2.29. The van der Waals surface area contributed by atoms with Gasteiger partial charge in [-0.3, -0.25) is 0 Å². The Kier molecular flexibility index (Phi) is 7.16. The molecule has 2 fully saturated rings. The number of allylic oxidation sites excluding steroid dienone is 6. The minimum atomic E-state index is -0.180. The van der Waals surface area contributed by atoms with E-state index >= 15 is 0 Å². The maximum atomic E-state index is 6.15. The van der Waals surface area contributed by atoms with Gasteiger partial charge in [0.15, 0.2) is 0 Å². The van der Waals surface area contributed by atoms with E-state index < -0.39 is 0 Å². The van der Waals surface area contributed by atoms with Gasteiger partial charge in [-0.1, -0.05) is 63.0 Å². The van der Waals surface area contributed by atoms with Crippen LogP contribution in [0, 0.1) is 11.3 Å². The first-order valence-electron chi connectivity index (χ1n) is 11.6. The average molecular weight is 437 g/mol. The van der Waals surface area contributed by atoms with E-state index in [1.54, 1.807) is 0 Å². The van der Waals surface area contributed by atoms with Crippen LogP contribution >= 0.6 is 0 Å². The van der Waals surface area contributed by atoms with Crippen LogP contribution in [0.1, 0.15) is 26.7 Å². The van der Waals surface area contributed by atoms with Gasteiger partial charge in [-0.15, -0.1) is 13.2 Å². The Morgan fingerprint density at radius 2 is 1.72 bits per heavy atom. The van der Waals surface area contributed by atoms with E-state index in [4.69, 9.17) is 18.9 Å². The molecular formula is C28H36O4. The number of epoxide rings is 2. The SMILES string of the molecule is C=CCC1=CC(C(C)(C)C2=CC(CC=C)C(OCC3CO3)C=C2)=CC(=C)C1OCC1CO1. The van der Waals surface area contributed by atoms with Gasteiger partial charge in [0.1, 0.15) is 18.3 Å². The zero-order chi connectivity index (χ0) is 22.7. The first-order valence-corrected chi connectivity index (χ1v) is 11.6. The minimum Gasteiger partial charge on any atom is -0.371 e. The Hall–Kier alpha value is -1.98. The van der Waals surface area contributed by atoms with Gasteiger partial charge in [-0.25, -0.2) is 0 Å². The summed E-state index contributed by atoms with van der Waals surface area (Å²) in [5.41, 5.74) is 4.53. The molecule has 4 aliphatic rings. The highest BCUT2D eigenvalue weighted by molar-refractivity contribution is 5.51. The van der Waals surface area contributed by atoms with E-state index in [2.05, 4.69) is 64.0 Å². The molecule has 2 aliphatic heterocycles. The fraction of sp³-hybridized carbons (Fsp3) is 0.500. The van der Waals surface area contributed by atoms with Crippen molar-refractivity contribution in [1.29, 1.82) is 0 Å². The molecule has 4 nitrogen and oxygen atoms in total. The Morgan fingerprint density at radius 1 is 1.03 bits per heavy atom. The predicted octanol–water partition coefficient (Wildman–Crippen LogP) is 5.27. The van der Waals surface area contributed by atoms with Gasteiger partial charge in [0.2, 0.25) is 0 Å². The fourth-order valence-electron chi connectivity index (χ4n) is 4.37. The highest BCUT2D eigenvalue weighted by Gasteiger charge is 2.35. The number of ether oxygens (including phenoxy) is 4. The maximum Gasteiger partial charge on any atom is 0.104 e. The van der Waals surface area contributed by atoms with Gasteiger partial charge in [-0.2, -0.15) is 0 Å². The molecule has 0 bridgehead atoms. The topological polar surface area (TPSA) is 43.5 Å². The largest absolute Gasteiger partial charge is 0.371 e. The molecule has 4 heteroatoms. The summed E-state index contributed by atoms with van der Waals surface area (Å²) in [5, 5.41) is 0. The molecule has 0 saturated carbocycles. The van der Waals surface area contributed by atoms with Crippen molar-refractivity contribution in [1.82, 2.24) is 0 Å². The van der Waals surface area contributed by atoms with Crippen molar-refractivity contribution in [3.05, 3.63) is 84.6 Å². The fourth-order valence-corrected chi connectivity index (χ4v) is 4.37. The van der Waals surface area contributed by atoms with E-state index in [1.165, 1.54) is 16.7 Å². The summed E-state index contributed by atoms with van der Waals surface area (Å²) in [4.78, 5) is 0. The molecular weight excluding hydrogens is 400 g/mol. The van der Waals surface area contributed by atoms with E-state index in [9.17, 15) is 0 Å². The lowest BCUT2D eigenvalue weighted by molar-refractivity contribution is 0.0465. The van der Waals surface area contributed by atoms with Crippen LogP contribution < -0.4 is 0 Å². The summed E-state index contributed by atoms with van der Waals surface area (Å²) < 4.78 is 22.9. The molecule has 0 aromatic heterocycles. The van der Waals surface area contributed by atoms with E-state index in [-0.39, 0.29) is 35.7 Å². The Morgan fingerprint density at radius 3 is 2.34 bits per heavy atom. The maximum absolute atomic E-state index is 6.15. The van der Waals surface area contributed by atoms with Crippen LogP contribution in [0.15, 0.2) is 84.6 Å². The zero-order valence-electron chi connectivity index (χ0n) is 19.4. The molecule has 32 heavy (non-hydrogen) atoms. The van der Waals surface area contributed by atoms with Crippen LogP contribution in [0.2, 0.25) is 0 Å². The highest BCUT2D eigenvalue weighted by atomic mass is 16.6. The summed E-state index contributed by atoms with van der Waals surface area (Å²) >= 11 is 0. The first kappa shape index (κ1) is 23.2. The molecule has 4 rings (SSSR count). The second kappa shape index (κ2) is 9.88. The molecule has 0 radical (unpaired) electrons. The van der Waals surface area contributed by atoms with Crippen molar-refractivity contribution in [2.75, 3.05) is 26.4 Å². The van der Waals surface area contributed by atoms with Gasteiger partial charge in [0.05, 0.1) is 32.5 Å². The standard InChI is InChI=1S/C28H36O4/c1-6-8-20-13-22(10-11-26(20)31-17-24-15-29-24)28(4,5)23-12-19(3)27(21(14-23)9-7-2)32-18-25-16-30-25/h6-7,10-14,20,24-27H,1-3,8-9,15-18H2,4-5H3. The first-order chi connectivity index (χ1) is 15.4. The summed E-state index contributed by atoms with van der Waals surface area (Å²) in [6.45, 7) is 19.6. The average Bonchev–Trinajstić information content (AvgIpc) is 3.67. The van der Waals surface area contributed by atoms with Gasteiger partial charge in [0, 0.05) is 11.3 Å². The van der Waals surface area contributed by atoms with Crippen LogP contribution in [0.25, 0.3) is 0 Å². The summed E-state index contributed by atoms with van der Waals surface area (Å²) in [6, 6.07) is 0. The highest BCUT2D eigenvalue weighted by Crippen LogP contribution is 2.43. The molecule has 5 atom stereocenters. The summed E-state index contributed by atoms with van der Waals surface area (Å²) in [7, 11) is 0. The van der Waals surface area contributed by atoms with Crippen LogP contribution in [0.4, 0.5) is 0 Å². The van der Waals surface area contributed by atoms with E-state index in [1.807, 2.05) is 12.2 Å². The molecule has 0 amide bonds. The molecule has 0 spiro atoms. The van der Waals surface area contributed by atoms with Crippen molar-refractivity contribution in [2.24, 2.45) is 11.3 Å². The zero-order valence-corrected chi connectivity index (χ0v) is 19.4.